The Morgan fingerprint density at radius 2 is 1.68 bits per heavy atom. The normalized spacial score (nSPS) is 20.2. The standard InChI is InChI=1S/C25H32N4O4S/c1-18-10-12-20(13-11-18)34(32,33)28-15-7-14-27(16-17-28)19(2)23(30)29-22-9-6-5-8-21(22)26-24(31)25(29,3)4/h5-6,8-13,19H,7,14-17H2,1-4H3,(H,26,31). The number of hydrogen-bond donors (Lipinski definition) is 1. The Morgan fingerprint density at radius 1 is 1.00 bits per heavy atom. The smallest absolute Gasteiger partial charge is 0.250 e. The summed E-state index contributed by atoms with van der Waals surface area (Å²) in [5.41, 5.74) is 1.23. The summed E-state index contributed by atoms with van der Waals surface area (Å²) in [5.74, 6) is -0.417. The van der Waals surface area contributed by atoms with Crippen LogP contribution in [-0.2, 0) is 19.6 Å². The number of para-hydroxylation sites is 2. The number of amides is 2. The molecule has 1 unspecified atom stereocenters. The molecule has 182 valence electrons. The fraction of sp³-hybridized carbons (Fsp3) is 0.440. The number of sulfonamides is 1. The number of anilines is 2. The fourth-order valence-corrected chi connectivity index (χ4v) is 6.06. The van der Waals surface area contributed by atoms with Crippen molar-refractivity contribution in [3.8, 4) is 0 Å². The molecule has 4 rings (SSSR count). The third-order valence-electron chi connectivity index (χ3n) is 6.78. The number of aryl methyl sites for hydroxylation is 1. The lowest BCUT2D eigenvalue weighted by atomic mass is 9.95. The number of benzene rings is 2. The van der Waals surface area contributed by atoms with E-state index in [2.05, 4.69) is 5.32 Å². The van der Waals surface area contributed by atoms with Crippen LogP contribution < -0.4 is 10.2 Å². The van der Waals surface area contributed by atoms with E-state index in [-0.39, 0.29) is 16.7 Å². The van der Waals surface area contributed by atoms with Gasteiger partial charge < -0.3 is 5.32 Å². The van der Waals surface area contributed by atoms with Gasteiger partial charge in [-0.15, -0.1) is 0 Å². The molecule has 1 saturated heterocycles. The van der Waals surface area contributed by atoms with Gasteiger partial charge in [-0.3, -0.25) is 19.4 Å². The van der Waals surface area contributed by atoms with Gasteiger partial charge in [-0.05, 0) is 58.4 Å². The van der Waals surface area contributed by atoms with Crippen LogP contribution in [0.3, 0.4) is 0 Å². The van der Waals surface area contributed by atoms with Crippen LogP contribution in [0.2, 0.25) is 0 Å². The zero-order valence-corrected chi connectivity index (χ0v) is 20.9. The molecule has 2 aromatic rings. The van der Waals surface area contributed by atoms with Gasteiger partial charge in [-0.2, -0.15) is 4.31 Å². The quantitative estimate of drug-likeness (QED) is 0.721. The highest BCUT2D eigenvalue weighted by atomic mass is 32.2. The predicted octanol–water partition coefficient (Wildman–Crippen LogP) is 2.84. The van der Waals surface area contributed by atoms with E-state index in [1.165, 1.54) is 4.31 Å². The highest BCUT2D eigenvalue weighted by Gasteiger charge is 2.45. The number of hydrogen-bond acceptors (Lipinski definition) is 5. The SMILES string of the molecule is Cc1ccc(S(=O)(=O)N2CCCN(C(C)C(=O)N3c4ccccc4NC(=O)C3(C)C)CC2)cc1. The minimum Gasteiger partial charge on any atom is -0.322 e. The van der Waals surface area contributed by atoms with Crippen molar-refractivity contribution in [3.05, 3.63) is 54.1 Å². The summed E-state index contributed by atoms with van der Waals surface area (Å²) in [5, 5.41) is 2.89. The highest BCUT2D eigenvalue weighted by Crippen LogP contribution is 2.37. The van der Waals surface area contributed by atoms with Gasteiger partial charge in [0.1, 0.15) is 5.54 Å². The second kappa shape index (κ2) is 9.13. The molecule has 2 aliphatic rings. The first-order valence-electron chi connectivity index (χ1n) is 11.6. The van der Waals surface area contributed by atoms with Gasteiger partial charge in [0, 0.05) is 26.2 Å². The van der Waals surface area contributed by atoms with E-state index in [0.29, 0.717) is 44.0 Å². The Balaban J connectivity index is 1.53. The molecule has 8 nitrogen and oxygen atoms in total. The molecule has 34 heavy (non-hydrogen) atoms. The second-order valence-corrected chi connectivity index (χ2v) is 11.4. The molecule has 2 heterocycles. The van der Waals surface area contributed by atoms with E-state index in [1.807, 2.05) is 36.9 Å². The maximum Gasteiger partial charge on any atom is 0.250 e. The lowest BCUT2D eigenvalue weighted by molar-refractivity contribution is -0.129. The summed E-state index contributed by atoms with van der Waals surface area (Å²) >= 11 is 0. The van der Waals surface area contributed by atoms with Gasteiger partial charge in [0.05, 0.1) is 22.3 Å². The highest BCUT2D eigenvalue weighted by molar-refractivity contribution is 7.89. The van der Waals surface area contributed by atoms with Crippen molar-refractivity contribution in [1.29, 1.82) is 0 Å². The summed E-state index contributed by atoms with van der Waals surface area (Å²) < 4.78 is 27.8. The van der Waals surface area contributed by atoms with Crippen molar-refractivity contribution in [2.24, 2.45) is 0 Å². The van der Waals surface area contributed by atoms with Crippen LogP contribution in [0.4, 0.5) is 11.4 Å². The van der Waals surface area contributed by atoms with E-state index in [9.17, 15) is 18.0 Å². The molecule has 2 aromatic carbocycles. The van der Waals surface area contributed by atoms with Gasteiger partial charge in [-0.1, -0.05) is 29.8 Å². The summed E-state index contributed by atoms with van der Waals surface area (Å²) in [7, 11) is -3.60. The first kappa shape index (κ1) is 24.4. The molecule has 1 fully saturated rings. The van der Waals surface area contributed by atoms with Gasteiger partial charge in [0.25, 0.3) is 0 Å². The average Bonchev–Trinajstić information content (AvgIpc) is 3.06. The maximum absolute atomic E-state index is 13.7. The number of carbonyl (C=O) groups excluding carboxylic acids is 2. The van der Waals surface area contributed by atoms with Crippen LogP contribution in [0.1, 0.15) is 32.8 Å². The van der Waals surface area contributed by atoms with E-state index in [0.717, 1.165) is 5.56 Å². The van der Waals surface area contributed by atoms with Crippen LogP contribution in [0, 0.1) is 6.92 Å². The Bertz CT molecular complexity index is 1190. The summed E-state index contributed by atoms with van der Waals surface area (Å²) in [6.07, 6.45) is 0.614. The monoisotopic (exact) mass is 484 g/mol. The number of rotatable bonds is 4. The van der Waals surface area contributed by atoms with Gasteiger partial charge >= 0.3 is 0 Å². The first-order valence-corrected chi connectivity index (χ1v) is 13.0. The minimum absolute atomic E-state index is 0.179. The number of fused-ring (bicyclic) bond motifs is 1. The topological polar surface area (TPSA) is 90.0 Å². The third kappa shape index (κ3) is 4.35. The molecule has 0 bridgehead atoms. The first-order chi connectivity index (χ1) is 16.0. The minimum atomic E-state index is -3.60. The number of nitrogens with one attached hydrogen (secondary N) is 1. The van der Waals surface area contributed by atoms with E-state index in [4.69, 9.17) is 0 Å². The number of nitrogens with zero attached hydrogens (tertiary/aromatic N) is 3. The molecule has 2 amide bonds. The summed E-state index contributed by atoms with van der Waals surface area (Å²) in [6, 6.07) is 13.6. The molecule has 2 aliphatic heterocycles. The van der Waals surface area contributed by atoms with Crippen LogP contribution in [0.15, 0.2) is 53.4 Å². The fourth-order valence-electron chi connectivity index (χ4n) is 4.59. The van der Waals surface area contributed by atoms with Crippen LogP contribution >= 0.6 is 0 Å². The lowest BCUT2D eigenvalue weighted by Crippen LogP contribution is -2.62. The van der Waals surface area contributed by atoms with Crippen molar-refractivity contribution in [2.75, 3.05) is 36.4 Å². The van der Waals surface area contributed by atoms with Crippen LogP contribution in [0.25, 0.3) is 0 Å². The molecular weight excluding hydrogens is 452 g/mol. The third-order valence-corrected chi connectivity index (χ3v) is 8.69. The molecule has 0 aliphatic carbocycles. The molecule has 1 N–H and O–H groups in total. The van der Waals surface area contributed by atoms with Crippen molar-refractivity contribution in [3.63, 3.8) is 0 Å². The molecule has 1 atom stereocenters. The summed E-state index contributed by atoms with van der Waals surface area (Å²) in [6.45, 7) is 8.95. The zero-order chi connectivity index (χ0) is 24.7. The van der Waals surface area contributed by atoms with Crippen molar-refractivity contribution in [1.82, 2.24) is 9.21 Å². The number of carbonyl (C=O) groups is 2. The average molecular weight is 485 g/mol. The van der Waals surface area contributed by atoms with E-state index >= 15 is 0 Å². The Hall–Kier alpha value is -2.75. The Morgan fingerprint density at radius 3 is 2.38 bits per heavy atom. The van der Waals surface area contributed by atoms with Crippen molar-refractivity contribution >= 4 is 33.2 Å². The van der Waals surface area contributed by atoms with Crippen LogP contribution in [0.5, 0.6) is 0 Å². The molecule has 0 aromatic heterocycles. The van der Waals surface area contributed by atoms with Gasteiger partial charge in [0.2, 0.25) is 21.8 Å². The van der Waals surface area contributed by atoms with Gasteiger partial charge in [0.15, 0.2) is 0 Å². The Labute approximate surface area is 201 Å². The summed E-state index contributed by atoms with van der Waals surface area (Å²) in [4.78, 5) is 30.4. The molecule has 0 radical (unpaired) electrons. The predicted molar refractivity (Wildman–Crippen MR) is 132 cm³/mol. The zero-order valence-electron chi connectivity index (χ0n) is 20.1. The molecular formula is C25H32N4O4S. The molecule has 9 heteroatoms. The Kier molecular flexibility index (Phi) is 6.54. The van der Waals surface area contributed by atoms with Crippen LogP contribution in [-0.4, -0.2) is 67.2 Å². The van der Waals surface area contributed by atoms with E-state index < -0.39 is 21.6 Å². The van der Waals surface area contributed by atoms with Crippen molar-refractivity contribution < 1.29 is 18.0 Å². The van der Waals surface area contributed by atoms with Crippen molar-refractivity contribution in [2.45, 2.75) is 50.6 Å². The van der Waals surface area contributed by atoms with E-state index in [1.54, 1.807) is 49.1 Å². The maximum atomic E-state index is 13.7. The lowest BCUT2D eigenvalue weighted by Gasteiger charge is -2.44. The molecule has 0 spiro atoms. The largest absolute Gasteiger partial charge is 0.322 e. The van der Waals surface area contributed by atoms with Gasteiger partial charge in [-0.25, -0.2) is 8.42 Å². The second-order valence-electron chi connectivity index (χ2n) is 9.49. The molecule has 0 saturated carbocycles.